The molecule has 2 saturated carbocycles. The van der Waals surface area contributed by atoms with Gasteiger partial charge in [-0.15, -0.1) is 0 Å². The minimum absolute atomic E-state index is 0.113. The Morgan fingerprint density at radius 2 is 1.66 bits per heavy atom. The number of fused-ring (bicyclic) bond motifs is 1. The first kappa shape index (κ1) is 24.0. The van der Waals surface area contributed by atoms with Crippen LogP contribution in [-0.4, -0.2) is 61.5 Å². The predicted octanol–water partition coefficient (Wildman–Crippen LogP) is 3.99. The number of hydrogen-bond acceptors (Lipinski definition) is 7. The van der Waals surface area contributed by atoms with Gasteiger partial charge in [0.25, 0.3) is 0 Å². The summed E-state index contributed by atoms with van der Waals surface area (Å²) in [4.78, 5) is 29.0. The summed E-state index contributed by atoms with van der Waals surface area (Å²) in [5, 5.41) is 7.27. The normalized spacial score (nSPS) is 24.0. The van der Waals surface area contributed by atoms with Crippen molar-refractivity contribution in [3.8, 4) is 0 Å². The maximum Gasteiger partial charge on any atom is 0.246 e. The van der Waals surface area contributed by atoms with Gasteiger partial charge in [-0.1, -0.05) is 18.4 Å². The first-order valence-corrected chi connectivity index (χ1v) is 13.4. The first-order valence-electron chi connectivity index (χ1n) is 13.4. The molecule has 1 aliphatic heterocycles. The molecule has 0 unspecified atom stereocenters. The van der Waals surface area contributed by atoms with Gasteiger partial charge in [0.1, 0.15) is 0 Å². The van der Waals surface area contributed by atoms with Gasteiger partial charge in [0, 0.05) is 43.3 Å². The lowest BCUT2D eigenvalue weighted by Crippen LogP contribution is -2.42. The highest BCUT2D eigenvalue weighted by Gasteiger charge is 2.26. The second-order valence-electron chi connectivity index (χ2n) is 10.9. The Bertz CT molecular complexity index is 1050. The van der Waals surface area contributed by atoms with Gasteiger partial charge in [0.2, 0.25) is 11.9 Å². The highest BCUT2D eigenvalue weighted by Crippen LogP contribution is 2.34. The molecule has 2 aromatic heterocycles. The SMILES string of the molecule is CC(C)=CC(=O)N1CCC(Nc2nc(NC3CCC(N)CC3)nc3c2ncn3C2CCCC2)CC1. The van der Waals surface area contributed by atoms with Crippen LogP contribution >= 0.6 is 0 Å². The van der Waals surface area contributed by atoms with E-state index < -0.39 is 0 Å². The van der Waals surface area contributed by atoms with Crippen LogP contribution < -0.4 is 16.4 Å². The number of nitrogens with two attached hydrogens (primary N) is 1. The number of nitrogens with one attached hydrogen (secondary N) is 2. The van der Waals surface area contributed by atoms with Gasteiger partial charge < -0.3 is 25.8 Å². The van der Waals surface area contributed by atoms with Gasteiger partial charge >= 0.3 is 0 Å². The number of carbonyl (C=O) groups excluding carboxylic acids is 1. The van der Waals surface area contributed by atoms with Crippen molar-refractivity contribution in [2.75, 3.05) is 23.7 Å². The minimum atomic E-state index is 0.113. The van der Waals surface area contributed by atoms with Crippen LogP contribution in [0.5, 0.6) is 0 Å². The Kier molecular flexibility index (Phi) is 7.22. The summed E-state index contributed by atoms with van der Waals surface area (Å²) in [6, 6.07) is 1.38. The Balaban J connectivity index is 1.35. The van der Waals surface area contributed by atoms with Gasteiger partial charge in [0.05, 0.1) is 6.33 Å². The predicted molar refractivity (Wildman–Crippen MR) is 139 cm³/mol. The van der Waals surface area contributed by atoms with Gasteiger partial charge in [0.15, 0.2) is 17.0 Å². The molecular formula is C26H40N8O. The molecule has 35 heavy (non-hydrogen) atoms. The smallest absolute Gasteiger partial charge is 0.246 e. The van der Waals surface area contributed by atoms with Crippen molar-refractivity contribution in [2.45, 2.75) is 102 Å². The van der Waals surface area contributed by atoms with Crippen LogP contribution in [0.25, 0.3) is 11.2 Å². The molecule has 1 amide bonds. The highest BCUT2D eigenvalue weighted by atomic mass is 16.2. The molecule has 0 atom stereocenters. The molecule has 4 N–H and O–H groups in total. The zero-order valence-corrected chi connectivity index (χ0v) is 21.2. The summed E-state index contributed by atoms with van der Waals surface area (Å²) < 4.78 is 2.26. The number of carbonyl (C=O) groups is 1. The second-order valence-corrected chi connectivity index (χ2v) is 10.9. The monoisotopic (exact) mass is 480 g/mol. The number of likely N-dealkylation sites (tertiary alicyclic amines) is 1. The number of rotatable bonds is 6. The average Bonchev–Trinajstić information content (AvgIpc) is 3.51. The van der Waals surface area contributed by atoms with Crippen LogP contribution in [0.1, 0.15) is 84.1 Å². The summed E-state index contributed by atoms with van der Waals surface area (Å²) in [6.45, 7) is 5.42. The molecule has 0 radical (unpaired) electrons. The third-order valence-electron chi connectivity index (χ3n) is 7.80. The molecule has 2 aliphatic carbocycles. The molecular weight excluding hydrogens is 440 g/mol. The molecule has 9 nitrogen and oxygen atoms in total. The quantitative estimate of drug-likeness (QED) is 0.536. The number of aromatic nitrogens is 4. The maximum absolute atomic E-state index is 12.4. The van der Waals surface area contributed by atoms with Crippen molar-refractivity contribution in [3.63, 3.8) is 0 Å². The van der Waals surface area contributed by atoms with Crippen LogP contribution in [-0.2, 0) is 4.79 Å². The maximum atomic E-state index is 12.4. The molecule has 0 bridgehead atoms. The standard InChI is InChI=1S/C26H40N8O/c1-17(2)15-22(35)33-13-11-20(12-14-33)29-24-23-25(34(16-28-23)21-5-3-4-6-21)32-26(31-24)30-19-9-7-18(27)8-10-19/h15-16,18-21H,3-14,27H2,1-2H3,(H2,29,30,31,32). The highest BCUT2D eigenvalue weighted by molar-refractivity contribution is 5.88. The Hall–Kier alpha value is -2.68. The summed E-state index contributed by atoms with van der Waals surface area (Å²) in [5.41, 5.74) is 8.91. The molecule has 3 fully saturated rings. The van der Waals surface area contributed by atoms with E-state index in [0.29, 0.717) is 24.1 Å². The van der Waals surface area contributed by atoms with Crippen molar-refractivity contribution in [1.82, 2.24) is 24.4 Å². The van der Waals surface area contributed by atoms with Crippen LogP contribution in [0.4, 0.5) is 11.8 Å². The fourth-order valence-electron chi connectivity index (χ4n) is 5.75. The number of amides is 1. The molecule has 3 heterocycles. The fraction of sp³-hybridized carbons (Fsp3) is 0.692. The molecule has 0 spiro atoms. The molecule has 1 saturated heterocycles. The van der Waals surface area contributed by atoms with Gasteiger partial charge in [-0.3, -0.25) is 4.79 Å². The van der Waals surface area contributed by atoms with E-state index in [1.54, 1.807) is 6.08 Å². The van der Waals surface area contributed by atoms with E-state index >= 15 is 0 Å². The zero-order valence-electron chi connectivity index (χ0n) is 21.2. The topological polar surface area (TPSA) is 114 Å². The number of allylic oxidation sites excluding steroid dienone is 1. The van der Waals surface area contributed by atoms with E-state index in [1.807, 2.05) is 25.1 Å². The summed E-state index contributed by atoms with van der Waals surface area (Å²) in [7, 11) is 0. The third kappa shape index (κ3) is 5.60. The van der Waals surface area contributed by atoms with Gasteiger partial charge in [-0.2, -0.15) is 9.97 Å². The fourth-order valence-corrected chi connectivity index (χ4v) is 5.75. The van der Waals surface area contributed by atoms with Gasteiger partial charge in [-0.25, -0.2) is 4.98 Å². The number of piperidine rings is 1. The average molecular weight is 481 g/mol. The number of nitrogens with zero attached hydrogens (tertiary/aromatic N) is 5. The van der Waals surface area contributed by atoms with Crippen LogP contribution in [0, 0.1) is 0 Å². The van der Waals surface area contributed by atoms with Crippen molar-refractivity contribution in [2.24, 2.45) is 5.73 Å². The van der Waals surface area contributed by atoms with Crippen molar-refractivity contribution in [1.29, 1.82) is 0 Å². The van der Waals surface area contributed by atoms with E-state index in [4.69, 9.17) is 20.7 Å². The van der Waals surface area contributed by atoms with E-state index in [9.17, 15) is 4.79 Å². The van der Waals surface area contributed by atoms with E-state index in [1.165, 1.54) is 25.7 Å². The van der Waals surface area contributed by atoms with E-state index in [0.717, 1.165) is 74.2 Å². The summed E-state index contributed by atoms with van der Waals surface area (Å²) in [6.07, 6.45) is 14.5. The largest absolute Gasteiger partial charge is 0.365 e. The van der Waals surface area contributed by atoms with Crippen molar-refractivity contribution in [3.05, 3.63) is 18.0 Å². The lowest BCUT2D eigenvalue weighted by Gasteiger charge is -2.32. The third-order valence-corrected chi connectivity index (χ3v) is 7.80. The van der Waals surface area contributed by atoms with Crippen LogP contribution in [0.2, 0.25) is 0 Å². The Labute approximate surface area is 208 Å². The van der Waals surface area contributed by atoms with Crippen molar-refractivity contribution < 1.29 is 4.79 Å². The molecule has 190 valence electrons. The second kappa shape index (κ2) is 10.5. The number of hydrogen-bond donors (Lipinski definition) is 3. The summed E-state index contributed by atoms with van der Waals surface area (Å²) in [5.74, 6) is 1.59. The molecule has 0 aromatic carbocycles. The molecule has 9 heteroatoms. The lowest BCUT2D eigenvalue weighted by molar-refractivity contribution is -0.127. The molecule has 5 rings (SSSR count). The van der Waals surface area contributed by atoms with Crippen molar-refractivity contribution >= 4 is 28.8 Å². The minimum Gasteiger partial charge on any atom is -0.365 e. The lowest BCUT2D eigenvalue weighted by atomic mass is 9.92. The Morgan fingerprint density at radius 3 is 2.34 bits per heavy atom. The van der Waals surface area contributed by atoms with Crippen LogP contribution in [0.15, 0.2) is 18.0 Å². The number of imidazole rings is 1. The Morgan fingerprint density at radius 1 is 0.971 bits per heavy atom. The van der Waals surface area contributed by atoms with Gasteiger partial charge in [-0.05, 0) is 65.2 Å². The van der Waals surface area contributed by atoms with E-state index in [2.05, 4.69) is 15.2 Å². The van der Waals surface area contributed by atoms with E-state index in [-0.39, 0.29) is 11.9 Å². The molecule has 2 aromatic rings. The summed E-state index contributed by atoms with van der Waals surface area (Å²) >= 11 is 0. The van der Waals surface area contributed by atoms with Crippen LogP contribution in [0.3, 0.4) is 0 Å². The number of anilines is 2. The first-order chi connectivity index (χ1) is 17.0. The zero-order chi connectivity index (χ0) is 24.4. The molecule has 3 aliphatic rings.